The highest BCUT2D eigenvalue weighted by Gasteiger charge is 1.89. The molecule has 0 aromatic carbocycles. The van der Waals surface area contributed by atoms with Crippen LogP contribution in [0.5, 0.6) is 0 Å². The Bertz CT molecular complexity index is 151. The Labute approximate surface area is 71.9 Å². The third-order valence-electron chi connectivity index (χ3n) is 1.20. The minimum atomic E-state index is 0. The van der Waals surface area contributed by atoms with E-state index in [0.717, 1.165) is 13.0 Å². The molecule has 1 rings (SSSR count). The summed E-state index contributed by atoms with van der Waals surface area (Å²) in [5.41, 5.74) is 0. The Hall–Kier alpha value is -0.0500. The summed E-state index contributed by atoms with van der Waals surface area (Å²) in [6, 6.07) is 4.26. The van der Waals surface area contributed by atoms with Crippen LogP contribution in [0.3, 0.4) is 0 Å². The Morgan fingerprint density at radius 1 is 1.60 bits per heavy atom. The van der Waals surface area contributed by atoms with E-state index < -0.39 is 0 Å². The van der Waals surface area contributed by atoms with Crippen molar-refractivity contribution in [3.63, 3.8) is 0 Å². The van der Waals surface area contributed by atoms with E-state index in [9.17, 15) is 0 Å². The molecular formula is C7H12ClNS. The monoisotopic (exact) mass is 177 g/mol. The zero-order valence-electron chi connectivity index (χ0n) is 5.96. The Morgan fingerprint density at radius 2 is 2.40 bits per heavy atom. The fourth-order valence-corrected chi connectivity index (χ4v) is 1.41. The van der Waals surface area contributed by atoms with Crippen LogP contribution in [-0.2, 0) is 6.42 Å². The maximum absolute atomic E-state index is 3.11. The summed E-state index contributed by atoms with van der Waals surface area (Å²) in [6.45, 7) is 1.08. The van der Waals surface area contributed by atoms with E-state index in [1.165, 1.54) is 4.88 Å². The standard InChI is InChI=1S/C7H11NS.ClH/c1-8-5-4-7-3-2-6-9-7;/h2-3,6,8H,4-5H2,1H3;1H. The number of nitrogens with one attached hydrogen (secondary N) is 1. The lowest BCUT2D eigenvalue weighted by Crippen LogP contribution is -2.09. The van der Waals surface area contributed by atoms with Crippen molar-refractivity contribution in [1.82, 2.24) is 5.32 Å². The number of likely N-dealkylation sites (N-methyl/N-ethyl adjacent to an activating group) is 1. The van der Waals surface area contributed by atoms with Crippen molar-refractivity contribution in [3.05, 3.63) is 22.4 Å². The van der Waals surface area contributed by atoms with Crippen LogP contribution >= 0.6 is 23.7 Å². The lowest BCUT2D eigenvalue weighted by Gasteiger charge is -1.92. The lowest BCUT2D eigenvalue weighted by molar-refractivity contribution is 0.799. The molecule has 1 aromatic heterocycles. The molecule has 0 saturated heterocycles. The smallest absolute Gasteiger partial charge is 0.00578 e. The minimum absolute atomic E-state index is 0. The van der Waals surface area contributed by atoms with E-state index in [0.29, 0.717) is 0 Å². The molecule has 0 amide bonds. The van der Waals surface area contributed by atoms with Gasteiger partial charge in [0.25, 0.3) is 0 Å². The van der Waals surface area contributed by atoms with E-state index in [1.807, 2.05) is 18.4 Å². The van der Waals surface area contributed by atoms with E-state index in [4.69, 9.17) is 0 Å². The van der Waals surface area contributed by atoms with Gasteiger partial charge in [-0.3, -0.25) is 0 Å². The molecule has 0 aliphatic carbocycles. The van der Waals surface area contributed by atoms with Gasteiger partial charge in [-0.1, -0.05) is 6.07 Å². The predicted molar refractivity (Wildman–Crippen MR) is 49.2 cm³/mol. The topological polar surface area (TPSA) is 12.0 Å². The fraction of sp³-hybridized carbons (Fsp3) is 0.429. The molecule has 1 aromatic rings. The summed E-state index contributed by atoms with van der Waals surface area (Å²) in [5, 5.41) is 5.23. The van der Waals surface area contributed by atoms with Gasteiger partial charge in [-0.05, 0) is 31.5 Å². The van der Waals surface area contributed by atoms with Gasteiger partial charge < -0.3 is 5.32 Å². The lowest BCUT2D eigenvalue weighted by atomic mass is 10.3. The second kappa shape index (κ2) is 5.71. The van der Waals surface area contributed by atoms with Gasteiger partial charge in [-0.25, -0.2) is 0 Å². The molecule has 3 heteroatoms. The molecule has 0 atom stereocenters. The molecule has 58 valence electrons. The molecule has 0 saturated carbocycles. The van der Waals surface area contributed by atoms with Crippen molar-refractivity contribution < 1.29 is 0 Å². The summed E-state index contributed by atoms with van der Waals surface area (Å²) >= 11 is 1.82. The average Bonchev–Trinajstić information content (AvgIpc) is 2.34. The first-order valence-corrected chi connectivity index (χ1v) is 3.98. The maximum atomic E-state index is 3.11. The highest BCUT2D eigenvalue weighted by atomic mass is 35.5. The third-order valence-corrected chi connectivity index (χ3v) is 2.14. The summed E-state index contributed by atoms with van der Waals surface area (Å²) in [6.07, 6.45) is 1.16. The van der Waals surface area contributed by atoms with Crippen LogP contribution in [0.4, 0.5) is 0 Å². The number of halogens is 1. The summed E-state index contributed by atoms with van der Waals surface area (Å²) in [5.74, 6) is 0. The zero-order chi connectivity index (χ0) is 6.53. The normalized spacial score (nSPS) is 8.90. The summed E-state index contributed by atoms with van der Waals surface area (Å²) < 4.78 is 0. The van der Waals surface area contributed by atoms with Crippen LogP contribution in [0, 0.1) is 0 Å². The van der Waals surface area contributed by atoms with Crippen molar-refractivity contribution in [2.24, 2.45) is 0 Å². The maximum Gasteiger partial charge on any atom is 0.00578 e. The number of rotatable bonds is 3. The van der Waals surface area contributed by atoms with Gasteiger partial charge in [0, 0.05) is 4.88 Å². The van der Waals surface area contributed by atoms with Gasteiger partial charge in [0.05, 0.1) is 0 Å². The average molecular weight is 178 g/mol. The van der Waals surface area contributed by atoms with Crippen LogP contribution in [0.2, 0.25) is 0 Å². The van der Waals surface area contributed by atoms with Crippen molar-refractivity contribution in [2.75, 3.05) is 13.6 Å². The van der Waals surface area contributed by atoms with Crippen molar-refractivity contribution >= 4 is 23.7 Å². The van der Waals surface area contributed by atoms with E-state index in [-0.39, 0.29) is 12.4 Å². The van der Waals surface area contributed by atoms with Crippen LogP contribution in [0.25, 0.3) is 0 Å². The summed E-state index contributed by atoms with van der Waals surface area (Å²) in [7, 11) is 1.98. The largest absolute Gasteiger partial charge is 0.319 e. The van der Waals surface area contributed by atoms with Crippen LogP contribution in [0.1, 0.15) is 4.88 Å². The predicted octanol–water partition coefficient (Wildman–Crippen LogP) is 1.93. The molecule has 0 spiro atoms. The first kappa shape index (κ1) is 9.95. The Kier molecular flexibility index (Phi) is 5.69. The molecule has 0 radical (unpaired) electrons. The van der Waals surface area contributed by atoms with Gasteiger partial charge in [-0.15, -0.1) is 23.7 Å². The first-order valence-electron chi connectivity index (χ1n) is 3.10. The Morgan fingerprint density at radius 3 is 2.90 bits per heavy atom. The van der Waals surface area contributed by atoms with Crippen molar-refractivity contribution in [3.8, 4) is 0 Å². The zero-order valence-corrected chi connectivity index (χ0v) is 7.60. The SMILES string of the molecule is CNCCc1cccs1.Cl. The quantitative estimate of drug-likeness (QED) is 0.744. The van der Waals surface area contributed by atoms with Crippen LogP contribution in [0.15, 0.2) is 17.5 Å². The van der Waals surface area contributed by atoms with Gasteiger partial charge >= 0.3 is 0 Å². The third kappa shape index (κ3) is 3.20. The second-order valence-electron chi connectivity index (χ2n) is 1.93. The van der Waals surface area contributed by atoms with E-state index in [2.05, 4.69) is 22.8 Å². The van der Waals surface area contributed by atoms with Gasteiger partial charge in [0.15, 0.2) is 0 Å². The van der Waals surface area contributed by atoms with Crippen molar-refractivity contribution in [2.45, 2.75) is 6.42 Å². The van der Waals surface area contributed by atoms with E-state index >= 15 is 0 Å². The molecule has 0 aliphatic rings. The van der Waals surface area contributed by atoms with E-state index in [1.54, 1.807) is 0 Å². The van der Waals surface area contributed by atoms with Crippen molar-refractivity contribution in [1.29, 1.82) is 0 Å². The molecule has 1 N–H and O–H groups in total. The molecule has 10 heavy (non-hydrogen) atoms. The van der Waals surface area contributed by atoms with Gasteiger partial charge in [0.1, 0.15) is 0 Å². The molecule has 1 nitrogen and oxygen atoms in total. The highest BCUT2D eigenvalue weighted by Crippen LogP contribution is 2.07. The number of thiophene rings is 1. The molecule has 1 heterocycles. The molecule has 0 unspecified atom stereocenters. The van der Waals surface area contributed by atoms with Crippen LogP contribution < -0.4 is 5.32 Å². The molecular weight excluding hydrogens is 166 g/mol. The minimum Gasteiger partial charge on any atom is -0.319 e. The molecule has 0 aliphatic heterocycles. The number of hydrogen-bond acceptors (Lipinski definition) is 2. The fourth-order valence-electron chi connectivity index (χ4n) is 0.703. The second-order valence-corrected chi connectivity index (χ2v) is 2.97. The molecule has 0 bridgehead atoms. The van der Waals surface area contributed by atoms with Gasteiger partial charge in [0.2, 0.25) is 0 Å². The van der Waals surface area contributed by atoms with Crippen LogP contribution in [-0.4, -0.2) is 13.6 Å². The molecule has 0 fully saturated rings. The Balaban J connectivity index is 0.000000810. The first-order chi connectivity index (χ1) is 4.43. The van der Waals surface area contributed by atoms with Gasteiger partial charge in [-0.2, -0.15) is 0 Å². The number of hydrogen-bond donors (Lipinski definition) is 1. The highest BCUT2D eigenvalue weighted by molar-refractivity contribution is 7.09. The summed E-state index contributed by atoms with van der Waals surface area (Å²) in [4.78, 5) is 1.46.